The lowest BCUT2D eigenvalue weighted by Gasteiger charge is -2.46. The minimum Gasteiger partial charge on any atom is -0.458 e. The molecule has 0 N–H and O–H groups in total. The van der Waals surface area contributed by atoms with Crippen LogP contribution in [0.25, 0.3) is 60.9 Å². The Morgan fingerprint density at radius 2 is 0.731 bits per heavy atom. The number of hydrogen-bond acceptors (Lipinski definition) is 8. The lowest BCUT2D eigenvalue weighted by molar-refractivity contribution is 0.488. The highest BCUT2D eigenvalue weighted by Crippen LogP contribution is 2.51. The number of anilines is 9. The molecule has 0 amide bonds. The number of fused-ring (bicyclic) bond motifs is 15. The van der Waals surface area contributed by atoms with Crippen molar-refractivity contribution in [1.29, 1.82) is 0 Å². The van der Waals surface area contributed by atoms with Gasteiger partial charge in [0.15, 0.2) is 0 Å². The first-order valence-electron chi connectivity index (χ1n) is 32.3. The monoisotopic (exact) mass is 1250 g/mol. The van der Waals surface area contributed by atoms with Gasteiger partial charge < -0.3 is 14.2 Å². The first kappa shape index (κ1) is 55.3. The lowest BCUT2D eigenvalue weighted by atomic mass is 9.29. The minimum absolute atomic E-state index is 0.0860. The van der Waals surface area contributed by atoms with Crippen LogP contribution < -0.4 is 71.7 Å². The van der Waals surface area contributed by atoms with Crippen molar-refractivity contribution < 1.29 is 4.74 Å². The van der Waals surface area contributed by atoms with Gasteiger partial charge in [0.2, 0.25) is 0 Å². The first-order chi connectivity index (χ1) is 45.5. The van der Waals surface area contributed by atoms with Crippen LogP contribution in [0.2, 0.25) is 0 Å². The third kappa shape index (κ3) is 7.57. The Hall–Kier alpha value is -9.32. The number of ether oxygens (including phenoxy) is 1. The third-order valence-electron chi connectivity index (χ3n) is 21.2. The quantitative estimate of drug-likeness (QED) is 0.115. The van der Waals surface area contributed by atoms with E-state index in [4.69, 9.17) is 4.74 Å². The van der Waals surface area contributed by atoms with Crippen LogP contribution in [-0.2, 0) is 0 Å². The number of hydrogen-bond donors (Lipinski definition) is 0. The van der Waals surface area contributed by atoms with Gasteiger partial charge in [-0.2, -0.15) is 0 Å². The van der Waals surface area contributed by atoms with Gasteiger partial charge >= 0.3 is 0 Å². The van der Waals surface area contributed by atoms with Crippen LogP contribution in [0.5, 0.6) is 11.5 Å². The molecule has 13 aromatic rings. The number of benzene rings is 12. The standard InChI is InChI=1S/C81H62B3N5OS3/c1-45-21-17-22-46(2)75(45)51-35-68-78-69(36-51)86-63-33-15-13-29-55(63)56-30-20-32-58(81(56)86)83(78)59-41-61-65(43-64(59)85(68)54-27-11-10-12-28-54)87(91-7)70-37-52(76-47(3)23-18-24-48(76)4)38-71-79(70)84(61)62-42-60-66(44-67(62)88(71)92-8)89(93-9)72-39-53(77-49(5)25-19-26-50(77)6)40-74-80(72)82(60)57-31-14-16-34-73(57)90-74/h10-44H,1-9H3. The average Bonchev–Trinajstić information content (AvgIpc) is 1.64. The van der Waals surface area contributed by atoms with Crippen LogP contribution in [0, 0.1) is 41.5 Å². The Labute approximate surface area is 557 Å². The molecule has 0 unspecified atom stereocenters. The molecule has 12 heteroatoms. The fourth-order valence-corrected chi connectivity index (χ4v) is 19.8. The van der Waals surface area contributed by atoms with Crippen LogP contribution >= 0.6 is 35.8 Å². The molecule has 0 spiro atoms. The van der Waals surface area contributed by atoms with Gasteiger partial charge in [0.05, 0.1) is 22.6 Å². The molecule has 7 heterocycles. The summed E-state index contributed by atoms with van der Waals surface area (Å²) in [7, 11) is 0. The van der Waals surface area contributed by atoms with E-state index in [1.165, 1.54) is 189 Å². The molecular weight excluding hydrogens is 1190 g/mol. The van der Waals surface area contributed by atoms with Crippen molar-refractivity contribution in [3.8, 4) is 50.6 Å². The van der Waals surface area contributed by atoms with Crippen LogP contribution in [0.1, 0.15) is 33.4 Å². The fourth-order valence-electron chi connectivity index (χ4n) is 17.7. The summed E-state index contributed by atoms with van der Waals surface area (Å²) in [6, 6.07) is 81.6. The highest BCUT2D eigenvalue weighted by atomic mass is 32.2. The molecule has 0 saturated carbocycles. The van der Waals surface area contributed by atoms with E-state index < -0.39 is 0 Å². The maximum Gasteiger partial charge on any atom is 0.256 e. The van der Waals surface area contributed by atoms with Crippen molar-refractivity contribution in [2.75, 3.05) is 36.6 Å². The second kappa shape index (κ2) is 20.3. The number of nitrogens with zero attached hydrogens (tertiary/aromatic N) is 5. The average molecular weight is 1250 g/mol. The molecule has 0 aliphatic carbocycles. The van der Waals surface area contributed by atoms with Crippen molar-refractivity contribution >= 4 is 178 Å². The molecule has 0 radical (unpaired) electrons. The SMILES string of the molecule is CSN1c2cc3c(cc2B2c4ccccc4Oc4cc(-c5c(C)cccc5C)cc1c42)B1c2cc4c(cc2N(SC)c2cc(-c5c(C)cccc5C)cc(c21)N3SC)N(c1ccccc1)c1cc(-c2c(C)cccc2C)cc2c1B4c1cccc3c4ccccc4n-2c13. The van der Waals surface area contributed by atoms with E-state index in [1.807, 2.05) is 23.9 Å². The summed E-state index contributed by atoms with van der Waals surface area (Å²) in [5.41, 5.74) is 41.2. The van der Waals surface area contributed by atoms with Gasteiger partial charge in [0.1, 0.15) is 11.5 Å². The smallest absolute Gasteiger partial charge is 0.256 e. The molecule has 12 aromatic carbocycles. The predicted molar refractivity (Wildman–Crippen MR) is 407 cm³/mol. The molecule has 0 fully saturated rings. The van der Waals surface area contributed by atoms with Gasteiger partial charge in [-0.15, -0.1) is 0 Å². The van der Waals surface area contributed by atoms with Gasteiger partial charge in [-0.1, -0.05) is 140 Å². The van der Waals surface area contributed by atoms with Crippen molar-refractivity contribution in [2.45, 2.75) is 41.5 Å². The second-order valence-corrected chi connectivity index (χ2v) is 28.3. The van der Waals surface area contributed by atoms with Crippen molar-refractivity contribution in [3.63, 3.8) is 0 Å². The van der Waals surface area contributed by atoms with Gasteiger partial charge in [-0.05, 0) is 266 Å². The Balaban J connectivity index is 0.925. The zero-order valence-corrected chi connectivity index (χ0v) is 55.8. The van der Waals surface area contributed by atoms with Gasteiger partial charge in [0.25, 0.3) is 20.1 Å². The summed E-state index contributed by atoms with van der Waals surface area (Å²) in [6.07, 6.45) is 6.78. The molecule has 19 rings (SSSR count). The first-order valence-corrected chi connectivity index (χ1v) is 35.8. The largest absolute Gasteiger partial charge is 0.458 e. The summed E-state index contributed by atoms with van der Waals surface area (Å²) in [6.45, 7) is 13.2. The molecule has 444 valence electrons. The fraction of sp³-hybridized carbons (Fsp3) is 0.111. The Kier molecular flexibility index (Phi) is 12.1. The van der Waals surface area contributed by atoms with Gasteiger partial charge in [0, 0.05) is 74.9 Å². The van der Waals surface area contributed by atoms with Crippen LogP contribution in [0.3, 0.4) is 0 Å². The summed E-state index contributed by atoms with van der Waals surface area (Å²) in [5, 5.41) is 2.56. The van der Waals surface area contributed by atoms with E-state index in [-0.39, 0.29) is 20.1 Å². The number of rotatable bonds is 7. The topological polar surface area (TPSA) is 27.1 Å². The van der Waals surface area contributed by atoms with Crippen LogP contribution in [-0.4, -0.2) is 43.5 Å². The molecule has 0 bridgehead atoms. The molecule has 6 aliphatic heterocycles. The van der Waals surface area contributed by atoms with Gasteiger partial charge in [-0.3, -0.25) is 12.9 Å². The van der Waals surface area contributed by atoms with E-state index in [1.54, 1.807) is 11.9 Å². The maximum absolute atomic E-state index is 7.16. The summed E-state index contributed by atoms with van der Waals surface area (Å²) < 4.78 is 17.4. The molecule has 0 atom stereocenters. The van der Waals surface area contributed by atoms with Crippen molar-refractivity contribution in [1.82, 2.24) is 4.57 Å². The number of para-hydroxylation sites is 4. The second-order valence-electron chi connectivity index (χ2n) is 26.1. The van der Waals surface area contributed by atoms with E-state index in [2.05, 4.69) is 295 Å². The minimum atomic E-state index is -0.150. The highest BCUT2D eigenvalue weighted by molar-refractivity contribution is 8.01. The Morgan fingerprint density at radius 1 is 0.312 bits per heavy atom. The van der Waals surface area contributed by atoms with E-state index >= 15 is 0 Å². The molecule has 6 aliphatic rings. The summed E-state index contributed by atoms with van der Waals surface area (Å²) in [4.78, 5) is 2.62. The number of aromatic nitrogens is 1. The number of aryl methyl sites for hydroxylation is 6. The summed E-state index contributed by atoms with van der Waals surface area (Å²) >= 11 is 5.40. The molecule has 1 aromatic heterocycles. The zero-order valence-electron chi connectivity index (χ0n) is 53.3. The molecule has 93 heavy (non-hydrogen) atoms. The van der Waals surface area contributed by atoms with Crippen molar-refractivity contribution in [3.05, 3.63) is 246 Å². The lowest BCUT2D eigenvalue weighted by Crippen LogP contribution is -2.66. The highest BCUT2D eigenvalue weighted by Gasteiger charge is 2.50. The Morgan fingerprint density at radius 3 is 1.31 bits per heavy atom. The van der Waals surface area contributed by atoms with Crippen LogP contribution in [0.15, 0.2) is 212 Å². The molecule has 0 saturated heterocycles. The zero-order chi connectivity index (χ0) is 62.6. The van der Waals surface area contributed by atoms with Gasteiger partial charge in [-0.25, -0.2) is 0 Å². The molecular formula is C81H62B3N5OS3. The maximum atomic E-state index is 7.16. The van der Waals surface area contributed by atoms with E-state index in [0.717, 1.165) is 17.2 Å². The van der Waals surface area contributed by atoms with E-state index in [9.17, 15) is 0 Å². The van der Waals surface area contributed by atoms with Crippen LogP contribution in [0.4, 0.5) is 51.2 Å². The van der Waals surface area contributed by atoms with Crippen molar-refractivity contribution in [2.24, 2.45) is 0 Å². The third-order valence-corrected chi connectivity index (χ3v) is 23.5. The predicted octanol–water partition coefficient (Wildman–Crippen LogP) is 15.6. The Bertz CT molecular complexity index is 5430. The summed E-state index contributed by atoms with van der Waals surface area (Å²) in [5.74, 6) is 1.83. The normalized spacial score (nSPS) is 13.9. The van der Waals surface area contributed by atoms with E-state index in [0.29, 0.717) is 0 Å². The molecule has 6 nitrogen and oxygen atoms in total.